The second-order valence-electron chi connectivity index (χ2n) is 4.89. The summed E-state index contributed by atoms with van der Waals surface area (Å²) in [4.78, 5) is 2.34. The normalized spacial score (nSPS) is 22.3. The zero-order valence-electron chi connectivity index (χ0n) is 10.8. The summed E-state index contributed by atoms with van der Waals surface area (Å²) in [5.74, 6) is 0. The van der Waals surface area contributed by atoms with E-state index in [0.717, 1.165) is 36.9 Å². The molecule has 1 aromatic carbocycles. The van der Waals surface area contributed by atoms with Crippen LogP contribution in [0.4, 0.5) is 0 Å². The third kappa shape index (κ3) is 3.54. The molecule has 0 spiro atoms. The van der Waals surface area contributed by atoms with Crippen LogP contribution in [0.15, 0.2) is 28.7 Å². The molecule has 0 saturated carbocycles. The highest BCUT2D eigenvalue weighted by atomic mass is 79.9. The molecule has 2 atom stereocenters. The fourth-order valence-electron chi connectivity index (χ4n) is 2.54. The molecule has 1 aromatic rings. The van der Waals surface area contributed by atoms with Gasteiger partial charge in [-0.25, -0.2) is 0 Å². The van der Waals surface area contributed by atoms with Gasteiger partial charge in [-0.3, -0.25) is 0 Å². The van der Waals surface area contributed by atoms with Crippen LogP contribution in [-0.2, 0) is 0 Å². The number of aliphatic hydroxyl groups excluding tert-OH is 1. The number of rotatable bonds is 5. The van der Waals surface area contributed by atoms with Crippen molar-refractivity contribution in [1.82, 2.24) is 10.2 Å². The average molecular weight is 313 g/mol. The Bertz CT molecular complexity index is 386. The first kappa shape index (κ1) is 14.0. The minimum absolute atomic E-state index is 0.124. The first-order valence-corrected chi connectivity index (χ1v) is 7.32. The minimum atomic E-state index is -0.124. The van der Waals surface area contributed by atoms with E-state index >= 15 is 0 Å². The van der Waals surface area contributed by atoms with Crippen molar-refractivity contribution < 1.29 is 5.11 Å². The summed E-state index contributed by atoms with van der Waals surface area (Å²) in [6.07, 6.45) is 1.85. The van der Waals surface area contributed by atoms with Crippen LogP contribution in [0.25, 0.3) is 0 Å². The smallest absolute Gasteiger partial charge is 0.0679 e. The molecular formula is C14H21BrN2O. The predicted molar refractivity (Wildman–Crippen MR) is 77.6 cm³/mol. The van der Waals surface area contributed by atoms with Crippen molar-refractivity contribution in [1.29, 1.82) is 0 Å². The topological polar surface area (TPSA) is 35.5 Å². The Morgan fingerprint density at radius 3 is 2.89 bits per heavy atom. The van der Waals surface area contributed by atoms with Crippen molar-refractivity contribution in [3.63, 3.8) is 0 Å². The van der Waals surface area contributed by atoms with Crippen LogP contribution in [0.2, 0.25) is 0 Å². The molecule has 0 aromatic heterocycles. The fourth-order valence-corrected chi connectivity index (χ4v) is 3.10. The summed E-state index contributed by atoms with van der Waals surface area (Å²) >= 11 is 3.61. The predicted octanol–water partition coefficient (Wildman–Crippen LogP) is 2.17. The largest absolute Gasteiger partial charge is 0.392 e. The molecule has 2 rings (SSSR count). The van der Waals surface area contributed by atoms with Crippen LogP contribution >= 0.6 is 15.9 Å². The molecule has 1 aliphatic heterocycles. The summed E-state index contributed by atoms with van der Waals surface area (Å²) < 4.78 is 1.16. The molecule has 0 amide bonds. The van der Waals surface area contributed by atoms with Gasteiger partial charge in [0.15, 0.2) is 0 Å². The lowest BCUT2D eigenvalue weighted by Gasteiger charge is -2.22. The third-order valence-corrected chi connectivity index (χ3v) is 4.33. The molecule has 2 unspecified atom stereocenters. The zero-order chi connectivity index (χ0) is 13.0. The van der Waals surface area contributed by atoms with Gasteiger partial charge in [-0.15, -0.1) is 0 Å². The van der Waals surface area contributed by atoms with E-state index in [4.69, 9.17) is 0 Å². The lowest BCUT2D eigenvalue weighted by atomic mass is 10.0. The van der Waals surface area contributed by atoms with Gasteiger partial charge in [0.05, 0.1) is 6.10 Å². The molecule has 3 nitrogen and oxygen atoms in total. The molecule has 1 aliphatic rings. The molecule has 1 saturated heterocycles. The van der Waals surface area contributed by atoms with Gasteiger partial charge in [-0.1, -0.05) is 34.1 Å². The van der Waals surface area contributed by atoms with Gasteiger partial charge < -0.3 is 15.3 Å². The maximum atomic E-state index is 9.52. The van der Waals surface area contributed by atoms with E-state index in [2.05, 4.69) is 44.3 Å². The maximum Gasteiger partial charge on any atom is 0.0679 e. The number of hydrogen-bond acceptors (Lipinski definition) is 3. The van der Waals surface area contributed by atoms with E-state index in [1.54, 1.807) is 0 Å². The zero-order valence-corrected chi connectivity index (χ0v) is 12.4. The molecular weight excluding hydrogens is 292 g/mol. The number of nitrogens with zero attached hydrogens (tertiary/aromatic N) is 1. The molecule has 18 heavy (non-hydrogen) atoms. The van der Waals surface area contributed by atoms with Crippen LogP contribution in [0.5, 0.6) is 0 Å². The van der Waals surface area contributed by atoms with Gasteiger partial charge in [-0.05, 0) is 31.5 Å². The Hall–Kier alpha value is -0.420. The lowest BCUT2D eigenvalue weighted by Crippen LogP contribution is -2.27. The summed E-state index contributed by atoms with van der Waals surface area (Å²) in [6, 6.07) is 8.71. The van der Waals surface area contributed by atoms with Gasteiger partial charge in [0.1, 0.15) is 0 Å². The van der Waals surface area contributed by atoms with Crippen molar-refractivity contribution in [2.45, 2.75) is 25.0 Å². The average Bonchev–Trinajstić information content (AvgIpc) is 2.78. The van der Waals surface area contributed by atoms with E-state index in [-0.39, 0.29) is 6.10 Å². The molecule has 0 bridgehead atoms. The minimum Gasteiger partial charge on any atom is -0.392 e. The van der Waals surface area contributed by atoms with Crippen LogP contribution in [0.1, 0.15) is 24.4 Å². The molecule has 1 heterocycles. The molecule has 0 aliphatic carbocycles. The number of likely N-dealkylation sites (tertiary alicyclic amines) is 1. The van der Waals surface area contributed by atoms with E-state index in [0.29, 0.717) is 6.04 Å². The second-order valence-corrected chi connectivity index (χ2v) is 5.75. The van der Waals surface area contributed by atoms with Crippen molar-refractivity contribution in [2.75, 3.05) is 26.7 Å². The fraction of sp³-hybridized carbons (Fsp3) is 0.571. The Kier molecular flexibility index (Phi) is 5.18. The highest BCUT2D eigenvalue weighted by molar-refractivity contribution is 9.10. The Labute approximate surface area is 117 Å². The summed E-state index contributed by atoms with van der Waals surface area (Å²) in [5, 5.41) is 12.9. The van der Waals surface area contributed by atoms with Crippen molar-refractivity contribution in [3.8, 4) is 0 Å². The van der Waals surface area contributed by atoms with Gasteiger partial charge in [0.25, 0.3) is 0 Å². The number of hydrogen-bond donors (Lipinski definition) is 2. The van der Waals surface area contributed by atoms with Gasteiger partial charge in [0.2, 0.25) is 0 Å². The van der Waals surface area contributed by atoms with Crippen molar-refractivity contribution in [2.24, 2.45) is 0 Å². The molecule has 100 valence electrons. The van der Waals surface area contributed by atoms with Crippen molar-refractivity contribution in [3.05, 3.63) is 34.3 Å². The quantitative estimate of drug-likeness (QED) is 0.874. The molecule has 4 heteroatoms. The maximum absolute atomic E-state index is 9.52. The Morgan fingerprint density at radius 1 is 1.50 bits per heavy atom. The number of halogens is 1. The van der Waals surface area contributed by atoms with E-state index < -0.39 is 0 Å². The van der Waals surface area contributed by atoms with Crippen LogP contribution in [0, 0.1) is 0 Å². The van der Waals surface area contributed by atoms with Gasteiger partial charge in [-0.2, -0.15) is 0 Å². The number of nitrogens with one attached hydrogen (secondary N) is 1. The number of aliphatic hydroxyl groups is 1. The first-order chi connectivity index (χ1) is 8.70. The summed E-state index contributed by atoms with van der Waals surface area (Å²) in [7, 11) is 2.00. The van der Waals surface area contributed by atoms with E-state index in [9.17, 15) is 5.11 Å². The monoisotopic (exact) mass is 312 g/mol. The SMILES string of the molecule is CNC(CCN1CCC(O)C1)c1ccccc1Br. The first-order valence-electron chi connectivity index (χ1n) is 6.53. The van der Waals surface area contributed by atoms with Gasteiger partial charge in [0, 0.05) is 30.1 Å². The highest BCUT2D eigenvalue weighted by Gasteiger charge is 2.21. The lowest BCUT2D eigenvalue weighted by molar-refractivity contribution is 0.175. The standard InChI is InChI=1S/C14H21BrN2O/c1-16-14(12-4-2-3-5-13(12)15)7-9-17-8-6-11(18)10-17/h2-5,11,14,16,18H,6-10H2,1H3. The third-order valence-electron chi connectivity index (χ3n) is 3.61. The van der Waals surface area contributed by atoms with Gasteiger partial charge >= 0.3 is 0 Å². The molecule has 1 fully saturated rings. The van der Waals surface area contributed by atoms with E-state index in [1.807, 2.05) is 13.1 Å². The van der Waals surface area contributed by atoms with Crippen molar-refractivity contribution >= 4 is 15.9 Å². The van der Waals surface area contributed by atoms with Crippen LogP contribution < -0.4 is 5.32 Å². The number of benzene rings is 1. The Balaban J connectivity index is 1.92. The number of β-amino-alcohol motifs (C(OH)–C–C–N with tert-alkyl or cyclic N) is 1. The molecule has 2 N–H and O–H groups in total. The van der Waals surface area contributed by atoms with Crippen LogP contribution in [0.3, 0.4) is 0 Å². The molecule has 0 radical (unpaired) electrons. The second kappa shape index (κ2) is 6.66. The Morgan fingerprint density at radius 2 is 2.28 bits per heavy atom. The van der Waals surface area contributed by atoms with E-state index in [1.165, 1.54) is 5.56 Å². The summed E-state index contributed by atoms with van der Waals surface area (Å²) in [5.41, 5.74) is 1.31. The highest BCUT2D eigenvalue weighted by Crippen LogP contribution is 2.25. The summed E-state index contributed by atoms with van der Waals surface area (Å²) in [6.45, 7) is 2.88. The van der Waals surface area contributed by atoms with Crippen LogP contribution in [-0.4, -0.2) is 42.8 Å².